The topological polar surface area (TPSA) is 88.2 Å². The van der Waals surface area contributed by atoms with E-state index in [4.69, 9.17) is 5.11 Å². The van der Waals surface area contributed by atoms with Gasteiger partial charge in [0.15, 0.2) is 5.69 Å². The van der Waals surface area contributed by atoms with Crippen molar-refractivity contribution in [2.75, 3.05) is 0 Å². The number of aliphatic hydroxyl groups is 1. The summed E-state index contributed by atoms with van der Waals surface area (Å²) < 4.78 is 1.57. The highest BCUT2D eigenvalue weighted by molar-refractivity contribution is 5.86. The number of hydrogen-bond acceptors (Lipinski definition) is 4. The molecule has 0 bridgehead atoms. The Bertz CT molecular complexity index is 424. The molecule has 2 N–H and O–H groups in total. The van der Waals surface area contributed by atoms with Gasteiger partial charge in [0.05, 0.1) is 17.8 Å². The van der Waals surface area contributed by atoms with Crippen LogP contribution in [0.2, 0.25) is 0 Å². The van der Waals surface area contributed by atoms with E-state index in [1.165, 1.54) is 0 Å². The molecule has 1 aliphatic rings. The molecule has 2 rings (SSSR count). The lowest BCUT2D eigenvalue weighted by molar-refractivity contribution is 0.0686. The average Bonchev–Trinajstić information content (AvgIpc) is 2.58. The van der Waals surface area contributed by atoms with Crippen molar-refractivity contribution in [3.8, 4) is 0 Å². The molecule has 0 aromatic carbocycles. The minimum absolute atomic E-state index is 0.0298. The Labute approximate surface area is 99.3 Å². The van der Waals surface area contributed by atoms with Crippen LogP contribution in [0.3, 0.4) is 0 Å². The molecule has 0 aliphatic heterocycles. The normalized spacial score (nSPS) is 19.7. The SMILES string of the molecule is CC(O)C(C)n1nnc(C(=O)O)c1C1CCC1. The Morgan fingerprint density at radius 3 is 2.53 bits per heavy atom. The molecule has 6 heteroatoms. The summed E-state index contributed by atoms with van der Waals surface area (Å²) in [5, 5.41) is 26.3. The first-order valence-electron chi connectivity index (χ1n) is 5.88. The third-order valence-corrected chi connectivity index (χ3v) is 3.51. The van der Waals surface area contributed by atoms with Gasteiger partial charge in [0.2, 0.25) is 0 Å². The van der Waals surface area contributed by atoms with E-state index < -0.39 is 12.1 Å². The minimum atomic E-state index is -1.05. The molecule has 17 heavy (non-hydrogen) atoms. The molecule has 0 radical (unpaired) electrons. The van der Waals surface area contributed by atoms with Crippen molar-refractivity contribution in [3.63, 3.8) is 0 Å². The highest BCUT2D eigenvalue weighted by atomic mass is 16.4. The molecule has 0 spiro atoms. The van der Waals surface area contributed by atoms with Gasteiger partial charge in [-0.2, -0.15) is 0 Å². The van der Waals surface area contributed by atoms with Gasteiger partial charge in [0.25, 0.3) is 0 Å². The van der Waals surface area contributed by atoms with Gasteiger partial charge in [-0.3, -0.25) is 0 Å². The number of carbonyl (C=O) groups is 1. The van der Waals surface area contributed by atoms with E-state index in [1.807, 2.05) is 6.92 Å². The van der Waals surface area contributed by atoms with Gasteiger partial charge >= 0.3 is 5.97 Å². The van der Waals surface area contributed by atoms with Crippen LogP contribution in [0.25, 0.3) is 0 Å². The lowest BCUT2D eigenvalue weighted by Gasteiger charge is -2.28. The second-order valence-corrected chi connectivity index (χ2v) is 4.68. The Hall–Kier alpha value is -1.43. The van der Waals surface area contributed by atoms with Crippen LogP contribution < -0.4 is 0 Å². The van der Waals surface area contributed by atoms with Gasteiger partial charge in [-0.1, -0.05) is 11.6 Å². The summed E-state index contributed by atoms with van der Waals surface area (Å²) in [6.45, 7) is 3.48. The van der Waals surface area contributed by atoms with Crippen molar-refractivity contribution >= 4 is 5.97 Å². The predicted molar refractivity (Wildman–Crippen MR) is 60.0 cm³/mol. The maximum Gasteiger partial charge on any atom is 0.358 e. The fraction of sp³-hybridized carbons (Fsp3) is 0.727. The van der Waals surface area contributed by atoms with Crippen LogP contribution in [-0.2, 0) is 0 Å². The second kappa shape index (κ2) is 4.44. The molecule has 1 aromatic heterocycles. The first-order valence-corrected chi connectivity index (χ1v) is 5.88. The molecular weight excluding hydrogens is 222 g/mol. The fourth-order valence-corrected chi connectivity index (χ4v) is 2.02. The van der Waals surface area contributed by atoms with Crippen molar-refractivity contribution in [2.45, 2.75) is 51.2 Å². The largest absolute Gasteiger partial charge is 0.476 e. The Morgan fingerprint density at radius 2 is 2.12 bits per heavy atom. The second-order valence-electron chi connectivity index (χ2n) is 4.68. The number of hydrogen-bond donors (Lipinski definition) is 2. The van der Waals surface area contributed by atoms with Gasteiger partial charge < -0.3 is 10.2 Å². The summed E-state index contributed by atoms with van der Waals surface area (Å²) in [6.07, 6.45) is 2.47. The van der Waals surface area contributed by atoms with Crippen molar-refractivity contribution in [1.82, 2.24) is 15.0 Å². The van der Waals surface area contributed by atoms with E-state index in [2.05, 4.69) is 10.3 Å². The summed E-state index contributed by atoms with van der Waals surface area (Å²) in [4.78, 5) is 11.1. The van der Waals surface area contributed by atoms with Crippen LogP contribution in [0.15, 0.2) is 0 Å². The summed E-state index contributed by atoms with van der Waals surface area (Å²) in [5.41, 5.74) is 0.694. The standard InChI is InChI=1S/C11H17N3O3/c1-6(7(2)15)14-10(8-4-3-5-8)9(11(16)17)12-13-14/h6-8,15H,3-5H2,1-2H3,(H,16,17). The minimum Gasteiger partial charge on any atom is -0.476 e. The van der Waals surface area contributed by atoms with Crippen molar-refractivity contribution in [3.05, 3.63) is 11.4 Å². The molecule has 1 aliphatic carbocycles. The zero-order chi connectivity index (χ0) is 12.6. The van der Waals surface area contributed by atoms with E-state index in [-0.39, 0.29) is 17.7 Å². The summed E-state index contributed by atoms with van der Waals surface area (Å²) in [5.74, 6) is -0.826. The van der Waals surface area contributed by atoms with E-state index in [0.29, 0.717) is 5.69 Å². The molecular formula is C11H17N3O3. The molecule has 1 fully saturated rings. The molecule has 94 valence electrons. The quantitative estimate of drug-likeness (QED) is 0.823. The van der Waals surface area contributed by atoms with Crippen LogP contribution in [0.4, 0.5) is 0 Å². The molecule has 1 aromatic rings. The maximum atomic E-state index is 11.1. The number of carboxylic acid groups (broad SMARTS) is 1. The van der Waals surface area contributed by atoms with Crippen LogP contribution in [0.1, 0.15) is 61.3 Å². The molecule has 0 saturated heterocycles. The smallest absolute Gasteiger partial charge is 0.358 e. The molecule has 2 unspecified atom stereocenters. The van der Waals surface area contributed by atoms with Gasteiger partial charge in [-0.15, -0.1) is 5.10 Å². The number of rotatable bonds is 4. The van der Waals surface area contributed by atoms with Gasteiger partial charge in [0.1, 0.15) is 0 Å². The molecule has 2 atom stereocenters. The first-order chi connectivity index (χ1) is 8.02. The zero-order valence-electron chi connectivity index (χ0n) is 10.00. The van der Waals surface area contributed by atoms with E-state index in [1.54, 1.807) is 11.6 Å². The maximum absolute atomic E-state index is 11.1. The zero-order valence-corrected chi connectivity index (χ0v) is 10.00. The Balaban J connectivity index is 2.41. The number of aromatic carboxylic acids is 1. The van der Waals surface area contributed by atoms with Gasteiger partial charge in [0, 0.05) is 5.92 Å². The highest BCUT2D eigenvalue weighted by Crippen LogP contribution is 2.38. The monoisotopic (exact) mass is 239 g/mol. The number of carboxylic acids is 1. The summed E-state index contributed by atoms with van der Waals surface area (Å²) in [6, 6.07) is -0.258. The van der Waals surface area contributed by atoms with E-state index in [0.717, 1.165) is 19.3 Å². The summed E-state index contributed by atoms with van der Waals surface area (Å²) >= 11 is 0. The highest BCUT2D eigenvalue weighted by Gasteiger charge is 2.32. The van der Waals surface area contributed by atoms with Crippen LogP contribution in [0, 0.1) is 0 Å². The lowest BCUT2D eigenvalue weighted by Crippen LogP contribution is -2.25. The third kappa shape index (κ3) is 2.04. The van der Waals surface area contributed by atoms with Crippen LogP contribution in [0.5, 0.6) is 0 Å². The number of aliphatic hydroxyl groups excluding tert-OH is 1. The third-order valence-electron chi connectivity index (χ3n) is 3.51. The molecule has 0 amide bonds. The molecule has 6 nitrogen and oxygen atoms in total. The number of nitrogens with zero attached hydrogens (tertiary/aromatic N) is 3. The Kier molecular flexibility index (Phi) is 3.15. The first kappa shape index (κ1) is 12.0. The van der Waals surface area contributed by atoms with E-state index in [9.17, 15) is 9.90 Å². The van der Waals surface area contributed by atoms with Crippen molar-refractivity contribution in [1.29, 1.82) is 0 Å². The Morgan fingerprint density at radius 1 is 1.47 bits per heavy atom. The van der Waals surface area contributed by atoms with Gasteiger partial charge in [-0.25, -0.2) is 9.48 Å². The van der Waals surface area contributed by atoms with Crippen molar-refractivity contribution in [2.24, 2.45) is 0 Å². The van der Waals surface area contributed by atoms with Crippen LogP contribution in [-0.4, -0.2) is 37.3 Å². The average molecular weight is 239 g/mol. The fourth-order valence-electron chi connectivity index (χ4n) is 2.02. The summed E-state index contributed by atoms with van der Waals surface area (Å²) in [7, 11) is 0. The van der Waals surface area contributed by atoms with Crippen LogP contribution >= 0.6 is 0 Å². The van der Waals surface area contributed by atoms with Crippen molar-refractivity contribution < 1.29 is 15.0 Å². The molecule has 1 heterocycles. The number of aromatic nitrogens is 3. The predicted octanol–water partition coefficient (Wildman–Crippen LogP) is 1.19. The van der Waals surface area contributed by atoms with E-state index >= 15 is 0 Å². The molecule has 1 saturated carbocycles. The van der Waals surface area contributed by atoms with Gasteiger partial charge in [-0.05, 0) is 26.7 Å². The lowest BCUT2D eigenvalue weighted by atomic mass is 9.82.